The number of H-pyrrole nitrogens is 1. The fourth-order valence-corrected chi connectivity index (χ4v) is 3.38. The molecule has 2 aromatic heterocycles. The van der Waals surface area contributed by atoms with Gasteiger partial charge in [-0.2, -0.15) is 5.10 Å². The molecule has 0 fully saturated rings. The highest BCUT2D eigenvalue weighted by molar-refractivity contribution is 7.71. The maximum absolute atomic E-state index is 5.32. The summed E-state index contributed by atoms with van der Waals surface area (Å²) in [4.78, 5) is 5.76. The molecule has 0 saturated carbocycles. The quantitative estimate of drug-likeness (QED) is 0.849. The highest BCUT2D eigenvalue weighted by Crippen LogP contribution is 2.29. The number of nitrogens with one attached hydrogen (secondary N) is 1. The molecule has 0 bridgehead atoms. The van der Waals surface area contributed by atoms with Gasteiger partial charge >= 0.3 is 0 Å². The fraction of sp³-hybridized carbons (Fsp3) is 0.615. The van der Waals surface area contributed by atoms with Crippen LogP contribution < -0.4 is 0 Å². The van der Waals surface area contributed by atoms with Crippen LogP contribution in [0.4, 0.5) is 0 Å². The predicted octanol–water partition coefficient (Wildman–Crippen LogP) is 3.98. The topological polar surface area (TPSA) is 46.5 Å². The number of aromatic amines is 1. The van der Waals surface area contributed by atoms with Gasteiger partial charge in [0.1, 0.15) is 0 Å². The van der Waals surface area contributed by atoms with Crippen LogP contribution in [0.25, 0.3) is 10.7 Å². The van der Waals surface area contributed by atoms with Crippen molar-refractivity contribution < 1.29 is 0 Å². The highest BCUT2D eigenvalue weighted by atomic mass is 32.1. The van der Waals surface area contributed by atoms with E-state index in [9.17, 15) is 0 Å². The van der Waals surface area contributed by atoms with E-state index in [2.05, 4.69) is 40.5 Å². The molecule has 2 aromatic rings. The van der Waals surface area contributed by atoms with Crippen molar-refractivity contribution in [2.24, 2.45) is 5.92 Å². The van der Waals surface area contributed by atoms with Gasteiger partial charge in [-0.3, -0.25) is 9.67 Å². The van der Waals surface area contributed by atoms with Gasteiger partial charge in [0.05, 0.1) is 15.6 Å². The van der Waals surface area contributed by atoms with E-state index in [4.69, 9.17) is 12.2 Å². The van der Waals surface area contributed by atoms with Crippen molar-refractivity contribution in [1.29, 1.82) is 0 Å². The first-order chi connectivity index (χ1) is 9.02. The van der Waals surface area contributed by atoms with Gasteiger partial charge in [0.25, 0.3) is 0 Å². The van der Waals surface area contributed by atoms with E-state index in [0.29, 0.717) is 10.7 Å². The van der Waals surface area contributed by atoms with Crippen LogP contribution in [0.2, 0.25) is 0 Å². The fourth-order valence-electron chi connectivity index (χ4n) is 2.01. The Balaban J connectivity index is 2.44. The molecule has 0 radical (unpaired) electrons. The number of thiazole rings is 1. The molecule has 4 nitrogen and oxygen atoms in total. The monoisotopic (exact) mass is 296 g/mol. The zero-order valence-electron chi connectivity index (χ0n) is 11.9. The minimum Gasteiger partial charge on any atom is -0.299 e. The zero-order chi connectivity index (χ0) is 14.0. The van der Waals surface area contributed by atoms with E-state index in [-0.39, 0.29) is 0 Å². The molecule has 1 N–H and O–H groups in total. The Hall–Kier alpha value is -1.01. The first-order valence-electron chi connectivity index (χ1n) is 6.64. The van der Waals surface area contributed by atoms with Crippen LogP contribution in [0, 0.1) is 17.6 Å². The highest BCUT2D eigenvalue weighted by Gasteiger charge is 2.16. The summed E-state index contributed by atoms with van der Waals surface area (Å²) in [7, 11) is 0. The Morgan fingerprint density at radius 2 is 2.16 bits per heavy atom. The minimum atomic E-state index is 0.534. The summed E-state index contributed by atoms with van der Waals surface area (Å²) in [6.07, 6.45) is 2.14. The predicted molar refractivity (Wildman–Crippen MR) is 82.1 cm³/mol. The van der Waals surface area contributed by atoms with Gasteiger partial charge in [0, 0.05) is 6.54 Å². The lowest BCUT2D eigenvalue weighted by molar-refractivity contribution is 0.521. The molecule has 0 aromatic carbocycles. The number of hydrogen-bond acceptors (Lipinski definition) is 4. The maximum Gasteiger partial charge on any atom is 0.195 e. The van der Waals surface area contributed by atoms with Crippen molar-refractivity contribution in [3.8, 4) is 10.7 Å². The summed E-state index contributed by atoms with van der Waals surface area (Å²) in [5.41, 5.74) is 1.05. The molecule has 0 spiro atoms. The Bertz CT molecular complexity index is 606. The van der Waals surface area contributed by atoms with Gasteiger partial charge in [0.2, 0.25) is 0 Å². The van der Waals surface area contributed by atoms with Crippen molar-refractivity contribution in [2.45, 2.75) is 47.1 Å². The van der Waals surface area contributed by atoms with E-state index in [1.165, 1.54) is 5.01 Å². The second-order valence-corrected chi connectivity index (χ2v) is 6.60. The Morgan fingerprint density at radius 3 is 2.79 bits per heavy atom. The smallest absolute Gasteiger partial charge is 0.195 e. The van der Waals surface area contributed by atoms with Crippen LogP contribution >= 0.6 is 23.6 Å². The maximum atomic E-state index is 5.32. The summed E-state index contributed by atoms with van der Waals surface area (Å²) in [6.45, 7) is 9.46. The van der Waals surface area contributed by atoms with Crippen molar-refractivity contribution in [1.82, 2.24) is 19.7 Å². The zero-order valence-corrected chi connectivity index (χ0v) is 13.5. The molecule has 0 aliphatic carbocycles. The molecule has 0 amide bonds. The number of aryl methyl sites for hydroxylation is 2. The first kappa shape index (κ1) is 14.4. The summed E-state index contributed by atoms with van der Waals surface area (Å²) >= 11 is 7.05. The number of hydrogen-bond donors (Lipinski definition) is 1. The molecule has 0 atom stereocenters. The lowest BCUT2D eigenvalue weighted by Gasteiger charge is -2.08. The van der Waals surface area contributed by atoms with Crippen LogP contribution in [0.5, 0.6) is 0 Å². The molecule has 0 aliphatic rings. The van der Waals surface area contributed by atoms with Crippen molar-refractivity contribution in [3.05, 3.63) is 15.5 Å². The van der Waals surface area contributed by atoms with Crippen molar-refractivity contribution in [3.63, 3.8) is 0 Å². The van der Waals surface area contributed by atoms with E-state index in [0.717, 1.165) is 35.8 Å². The minimum absolute atomic E-state index is 0.534. The van der Waals surface area contributed by atoms with Gasteiger partial charge in [-0.15, -0.1) is 11.3 Å². The van der Waals surface area contributed by atoms with E-state index in [1.807, 2.05) is 6.92 Å². The van der Waals surface area contributed by atoms with Gasteiger partial charge in [0.15, 0.2) is 10.6 Å². The first-order valence-corrected chi connectivity index (χ1v) is 7.87. The normalized spacial score (nSPS) is 11.4. The second kappa shape index (κ2) is 5.96. The standard InChI is InChI=1S/C13H20N4S2/c1-5-6-10-14-9(4)11(19-10)12-15-16-13(18)17(12)7-8(2)3/h8H,5-7H2,1-4H3,(H,16,18). The van der Waals surface area contributed by atoms with Crippen molar-refractivity contribution >= 4 is 23.6 Å². The van der Waals surface area contributed by atoms with Crippen LogP contribution in [0.1, 0.15) is 37.9 Å². The molecule has 6 heteroatoms. The number of rotatable bonds is 5. The number of aromatic nitrogens is 4. The van der Waals surface area contributed by atoms with Crippen LogP contribution in [-0.2, 0) is 13.0 Å². The summed E-state index contributed by atoms with van der Waals surface area (Å²) in [5, 5.41) is 8.47. The molecule has 2 heterocycles. The lowest BCUT2D eigenvalue weighted by Crippen LogP contribution is -2.06. The van der Waals surface area contributed by atoms with Crippen LogP contribution in [-0.4, -0.2) is 19.7 Å². The van der Waals surface area contributed by atoms with Gasteiger partial charge in [-0.1, -0.05) is 20.8 Å². The van der Waals surface area contributed by atoms with Crippen LogP contribution in [0.15, 0.2) is 0 Å². The molecule has 2 rings (SSSR count). The van der Waals surface area contributed by atoms with E-state index in [1.54, 1.807) is 11.3 Å². The molecule has 0 aliphatic heterocycles. The molecule has 0 unspecified atom stereocenters. The Labute approximate surface area is 122 Å². The largest absolute Gasteiger partial charge is 0.299 e. The molecule has 104 valence electrons. The molecule has 0 saturated heterocycles. The summed E-state index contributed by atoms with van der Waals surface area (Å²) in [5.74, 6) is 1.46. The molecular formula is C13H20N4S2. The van der Waals surface area contributed by atoms with Crippen molar-refractivity contribution in [2.75, 3.05) is 0 Å². The molecular weight excluding hydrogens is 276 g/mol. The van der Waals surface area contributed by atoms with Gasteiger partial charge in [-0.25, -0.2) is 4.98 Å². The lowest BCUT2D eigenvalue weighted by atomic mass is 10.2. The Kier molecular flexibility index (Phi) is 4.52. The van der Waals surface area contributed by atoms with Gasteiger partial charge in [-0.05, 0) is 37.9 Å². The summed E-state index contributed by atoms with van der Waals surface area (Å²) in [6, 6.07) is 0. The average molecular weight is 296 g/mol. The third-order valence-electron chi connectivity index (χ3n) is 2.81. The Morgan fingerprint density at radius 1 is 1.42 bits per heavy atom. The number of nitrogens with zero attached hydrogens (tertiary/aromatic N) is 3. The van der Waals surface area contributed by atoms with E-state index < -0.39 is 0 Å². The van der Waals surface area contributed by atoms with Crippen LogP contribution in [0.3, 0.4) is 0 Å². The third kappa shape index (κ3) is 3.12. The third-order valence-corrected chi connectivity index (χ3v) is 4.34. The molecule has 19 heavy (non-hydrogen) atoms. The van der Waals surface area contributed by atoms with Gasteiger partial charge < -0.3 is 0 Å². The SMILES string of the molecule is CCCc1nc(C)c(-c2n[nH]c(=S)n2CC(C)C)s1. The van der Waals surface area contributed by atoms with E-state index >= 15 is 0 Å². The second-order valence-electron chi connectivity index (χ2n) is 5.13. The average Bonchev–Trinajstić information content (AvgIpc) is 2.84. The summed E-state index contributed by atoms with van der Waals surface area (Å²) < 4.78 is 2.77.